The van der Waals surface area contributed by atoms with Crippen LogP contribution in [0.2, 0.25) is 0 Å². The molecular formula is C25H23N7O2. The normalized spacial score (nSPS) is 17.6. The number of hydrogen-bond donors (Lipinski definition) is 1. The summed E-state index contributed by atoms with van der Waals surface area (Å²) >= 11 is 0. The predicted molar refractivity (Wildman–Crippen MR) is 129 cm³/mol. The van der Waals surface area contributed by atoms with Crippen molar-refractivity contribution in [1.29, 1.82) is 0 Å². The number of oxazole rings is 1. The summed E-state index contributed by atoms with van der Waals surface area (Å²) in [5, 5.41) is 0.728. The topological polar surface area (TPSA) is 106 Å². The van der Waals surface area contributed by atoms with Crippen LogP contribution in [0.15, 0.2) is 47.8 Å². The molecule has 6 rings (SSSR count). The number of hydrogen-bond acceptors (Lipinski definition) is 7. The van der Waals surface area contributed by atoms with Gasteiger partial charge in [-0.25, -0.2) is 9.97 Å². The van der Waals surface area contributed by atoms with E-state index in [-0.39, 0.29) is 11.9 Å². The zero-order valence-corrected chi connectivity index (χ0v) is 18.6. The van der Waals surface area contributed by atoms with E-state index in [1.807, 2.05) is 24.4 Å². The van der Waals surface area contributed by atoms with Crippen molar-refractivity contribution in [2.75, 3.05) is 36.8 Å². The molecule has 9 heteroatoms. The first-order valence-electron chi connectivity index (χ1n) is 11.3. The Labute approximate surface area is 195 Å². The Balaban J connectivity index is 1.35. The van der Waals surface area contributed by atoms with E-state index in [9.17, 15) is 4.79 Å². The highest BCUT2D eigenvalue weighted by molar-refractivity contribution is 5.92. The number of carbonyl (C=O) groups excluding carboxylic acids is 1. The summed E-state index contributed by atoms with van der Waals surface area (Å²) in [5.74, 6) is 6.81. The number of fused-ring (bicyclic) bond motifs is 2. The monoisotopic (exact) mass is 453 g/mol. The predicted octanol–water partition coefficient (Wildman–Crippen LogP) is 2.72. The SMILES string of the molecule is C=CC(=O)N1CCC(n2cc(C#Cc3ccc4oc(N5CCC5)nc4c3)c3c(N)ncnc32)C1. The second-order valence-electron chi connectivity index (χ2n) is 8.61. The maximum atomic E-state index is 12.0. The van der Waals surface area contributed by atoms with Crippen molar-refractivity contribution in [1.82, 2.24) is 24.4 Å². The second-order valence-corrected chi connectivity index (χ2v) is 8.61. The molecule has 1 amide bonds. The number of nitrogens with zero attached hydrogens (tertiary/aromatic N) is 6. The number of benzene rings is 1. The molecule has 2 fully saturated rings. The van der Waals surface area contributed by atoms with Crippen LogP contribution >= 0.6 is 0 Å². The van der Waals surface area contributed by atoms with Gasteiger partial charge in [-0.3, -0.25) is 4.79 Å². The number of nitrogen functional groups attached to an aromatic ring is 1. The summed E-state index contributed by atoms with van der Waals surface area (Å²) in [4.78, 5) is 29.2. The lowest BCUT2D eigenvalue weighted by molar-refractivity contribution is -0.125. The maximum Gasteiger partial charge on any atom is 0.298 e. The van der Waals surface area contributed by atoms with Gasteiger partial charge in [0, 0.05) is 37.9 Å². The van der Waals surface area contributed by atoms with Gasteiger partial charge in [0.25, 0.3) is 6.01 Å². The van der Waals surface area contributed by atoms with Crippen LogP contribution in [0, 0.1) is 11.8 Å². The van der Waals surface area contributed by atoms with Crippen LogP contribution in [-0.4, -0.2) is 56.5 Å². The van der Waals surface area contributed by atoms with E-state index in [1.165, 1.54) is 18.8 Å². The van der Waals surface area contributed by atoms with Gasteiger partial charge in [0.05, 0.1) is 17.0 Å². The van der Waals surface area contributed by atoms with Crippen LogP contribution < -0.4 is 10.6 Å². The van der Waals surface area contributed by atoms with E-state index in [2.05, 4.69) is 42.8 Å². The molecule has 2 aliphatic rings. The fraction of sp³-hybridized carbons (Fsp3) is 0.280. The molecule has 9 nitrogen and oxygen atoms in total. The minimum atomic E-state index is -0.0615. The Morgan fingerprint density at radius 2 is 2.12 bits per heavy atom. The molecule has 34 heavy (non-hydrogen) atoms. The molecule has 0 spiro atoms. The number of amides is 1. The van der Waals surface area contributed by atoms with Crippen LogP contribution in [0.25, 0.3) is 22.1 Å². The first-order valence-corrected chi connectivity index (χ1v) is 11.3. The van der Waals surface area contributed by atoms with Gasteiger partial charge in [-0.1, -0.05) is 18.4 Å². The van der Waals surface area contributed by atoms with E-state index >= 15 is 0 Å². The third kappa shape index (κ3) is 3.35. The van der Waals surface area contributed by atoms with Gasteiger partial charge in [0.1, 0.15) is 23.3 Å². The number of likely N-dealkylation sites (tertiary alicyclic amines) is 1. The van der Waals surface area contributed by atoms with Gasteiger partial charge in [0.15, 0.2) is 5.58 Å². The van der Waals surface area contributed by atoms with Gasteiger partial charge in [-0.2, -0.15) is 4.98 Å². The molecule has 3 aromatic heterocycles. The van der Waals surface area contributed by atoms with Crippen LogP contribution in [0.5, 0.6) is 0 Å². The van der Waals surface area contributed by atoms with E-state index in [0.29, 0.717) is 24.9 Å². The lowest BCUT2D eigenvalue weighted by Gasteiger charge is -2.28. The third-order valence-corrected chi connectivity index (χ3v) is 6.53. The molecule has 4 aromatic rings. The highest BCUT2D eigenvalue weighted by Crippen LogP contribution is 2.31. The van der Waals surface area contributed by atoms with Gasteiger partial charge >= 0.3 is 0 Å². The van der Waals surface area contributed by atoms with E-state index in [4.69, 9.17) is 10.2 Å². The van der Waals surface area contributed by atoms with Crippen LogP contribution in [0.3, 0.4) is 0 Å². The first-order chi connectivity index (χ1) is 16.6. The molecule has 2 N–H and O–H groups in total. The third-order valence-electron chi connectivity index (χ3n) is 6.53. The molecule has 2 aliphatic heterocycles. The summed E-state index contributed by atoms with van der Waals surface area (Å²) in [5.41, 5.74) is 10.1. The number of nitrogens with two attached hydrogens (primary N) is 1. The summed E-state index contributed by atoms with van der Waals surface area (Å²) < 4.78 is 7.92. The maximum absolute atomic E-state index is 12.0. The Hall–Kier alpha value is -4.32. The molecule has 5 heterocycles. The zero-order valence-electron chi connectivity index (χ0n) is 18.6. The number of carbonyl (C=O) groups is 1. The Morgan fingerprint density at radius 3 is 2.91 bits per heavy atom. The standard InChI is InChI=1S/C25H23N7O2/c1-2-21(33)31-11-8-18(14-31)32-13-17(22-23(26)27-15-28-24(22)32)6-4-16-5-7-20-19(12-16)29-25(34-20)30-9-3-10-30/h2,5,7,12-13,15,18H,1,3,8-11,14H2,(H2,26,27,28). The number of anilines is 2. The molecule has 0 saturated carbocycles. The number of rotatable bonds is 3. The average Bonchev–Trinajstić information content (AvgIpc) is 3.52. The van der Waals surface area contributed by atoms with Gasteiger partial charge < -0.3 is 24.5 Å². The highest BCUT2D eigenvalue weighted by Gasteiger charge is 2.28. The van der Waals surface area contributed by atoms with E-state index in [0.717, 1.165) is 52.8 Å². The lowest BCUT2D eigenvalue weighted by Crippen LogP contribution is -2.37. The molecule has 0 radical (unpaired) electrons. The van der Waals surface area contributed by atoms with Crippen LogP contribution in [-0.2, 0) is 4.79 Å². The second kappa shape index (κ2) is 7.92. The molecule has 2 saturated heterocycles. The summed E-state index contributed by atoms with van der Waals surface area (Å²) in [6.45, 7) is 6.82. The largest absolute Gasteiger partial charge is 0.423 e. The average molecular weight is 454 g/mol. The van der Waals surface area contributed by atoms with Crippen molar-refractivity contribution >= 4 is 39.9 Å². The highest BCUT2D eigenvalue weighted by atomic mass is 16.4. The quantitative estimate of drug-likeness (QED) is 0.375. The van der Waals surface area contributed by atoms with Crippen LogP contribution in [0.1, 0.15) is 30.0 Å². The smallest absolute Gasteiger partial charge is 0.298 e. The molecule has 1 unspecified atom stereocenters. The summed E-state index contributed by atoms with van der Waals surface area (Å²) in [7, 11) is 0. The minimum absolute atomic E-state index is 0.0615. The Kier molecular flexibility index (Phi) is 4.73. The molecular weight excluding hydrogens is 430 g/mol. The van der Waals surface area contributed by atoms with Gasteiger partial charge in [-0.15, -0.1) is 0 Å². The fourth-order valence-corrected chi connectivity index (χ4v) is 4.55. The Bertz CT molecular complexity index is 1500. The molecule has 170 valence electrons. The molecule has 0 bridgehead atoms. The summed E-state index contributed by atoms with van der Waals surface area (Å²) in [6.07, 6.45) is 6.76. The van der Waals surface area contributed by atoms with Crippen molar-refractivity contribution in [3.05, 3.63) is 54.5 Å². The van der Waals surface area contributed by atoms with Crippen LogP contribution in [0.4, 0.5) is 11.8 Å². The van der Waals surface area contributed by atoms with Crippen molar-refractivity contribution in [3.8, 4) is 11.8 Å². The van der Waals surface area contributed by atoms with E-state index in [1.54, 1.807) is 4.90 Å². The van der Waals surface area contributed by atoms with Crippen molar-refractivity contribution < 1.29 is 9.21 Å². The molecule has 1 aromatic carbocycles. The Morgan fingerprint density at radius 1 is 1.24 bits per heavy atom. The van der Waals surface area contributed by atoms with Gasteiger partial charge in [0.2, 0.25) is 5.91 Å². The van der Waals surface area contributed by atoms with Crippen molar-refractivity contribution in [3.63, 3.8) is 0 Å². The van der Waals surface area contributed by atoms with Crippen molar-refractivity contribution in [2.24, 2.45) is 0 Å². The van der Waals surface area contributed by atoms with Gasteiger partial charge in [-0.05, 0) is 37.1 Å². The summed E-state index contributed by atoms with van der Waals surface area (Å²) in [6, 6.07) is 6.52. The molecule has 1 atom stereocenters. The minimum Gasteiger partial charge on any atom is -0.423 e. The fourth-order valence-electron chi connectivity index (χ4n) is 4.55. The zero-order chi connectivity index (χ0) is 23.2. The lowest BCUT2D eigenvalue weighted by atomic mass is 10.2. The number of aromatic nitrogens is 4. The first kappa shape index (κ1) is 20.3. The van der Waals surface area contributed by atoms with Crippen molar-refractivity contribution in [2.45, 2.75) is 18.9 Å². The molecule has 0 aliphatic carbocycles. The van der Waals surface area contributed by atoms with E-state index < -0.39 is 0 Å².